The lowest BCUT2D eigenvalue weighted by Gasteiger charge is -2.07. The molecule has 6 heteroatoms. The van der Waals surface area contributed by atoms with E-state index >= 15 is 0 Å². The minimum atomic E-state index is -0.373. The van der Waals surface area contributed by atoms with Crippen molar-refractivity contribution in [2.45, 2.75) is 39.2 Å². The fourth-order valence-electron chi connectivity index (χ4n) is 2.66. The molecular weight excluding hydrogens is 345 g/mol. The number of carbonyl (C=O) groups is 1. The first kappa shape index (κ1) is 18.8. The Hall–Kier alpha value is -3.02. The average molecular weight is 367 g/mol. The maximum Gasteiger partial charge on any atom is 0.258 e. The van der Waals surface area contributed by atoms with E-state index in [1.54, 1.807) is 12.1 Å². The summed E-state index contributed by atoms with van der Waals surface area (Å²) in [6.45, 7) is 4.48. The van der Waals surface area contributed by atoms with Crippen LogP contribution in [-0.2, 0) is 17.8 Å². The number of halogens is 1. The molecule has 3 rings (SSSR count). The highest BCUT2D eigenvalue weighted by atomic mass is 19.1. The standard InChI is InChI=1S/C21H22FN3O2/c1-14(2)16-9-6-15(7-10-16)8-11-20(26)23-13-19-24-21(27-25-19)17-4-3-5-18(22)12-17/h3-7,9-10,12,14H,8,11,13H2,1-2H3,(H,23,26). The summed E-state index contributed by atoms with van der Waals surface area (Å²) in [5.74, 6) is 0.615. The van der Waals surface area contributed by atoms with Gasteiger partial charge in [-0.05, 0) is 41.7 Å². The van der Waals surface area contributed by atoms with Gasteiger partial charge >= 0.3 is 0 Å². The zero-order valence-corrected chi connectivity index (χ0v) is 15.4. The summed E-state index contributed by atoms with van der Waals surface area (Å²) in [4.78, 5) is 16.2. The second-order valence-electron chi connectivity index (χ2n) is 6.70. The molecule has 0 aliphatic carbocycles. The monoisotopic (exact) mass is 367 g/mol. The first-order valence-electron chi connectivity index (χ1n) is 8.95. The number of hydrogen-bond donors (Lipinski definition) is 1. The molecule has 140 valence electrons. The summed E-state index contributed by atoms with van der Waals surface area (Å²) in [5, 5.41) is 6.59. The minimum Gasteiger partial charge on any atom is -0.349 e. The predicted octanol–water partition coefficient (Wildman–Crippen LogP) is 4.25. The van der Waals surface area contributed by atoms with Crippen LogP contribution in [0.1, 0.15) is 43.1 Å². The topological polar surface area (TPSA) is 68.0 Å². The molecule has 0 aliphatic heterocycles. The molecule has 1 amide bonds. The van der Waals surface area contributed by atoms with Crippen molar-refractivity contribution in [2.24, 2.45) is 0 Å². The molecule has 0 bridgehead atoms. The summed E-state index contributed by atoms with van der Waals surface area (Å²) in [7, 11) is 0. The number of nitrogens with one attached hydrogen (secondary N) is 1. The SMILES string of the molecule is CC(C)c1ccc(CCC(=O)NCc2noc(-c3cccc(F)c3)n2)cc1. The summed E-state index contributed by atoms with van der Waals surface area (Å²) >= 11 is 0. The summed E-state index contributed by atoms with van der Waals surface area (Å²) in [6, 6.07) is 14.3. The number of aromatic nitrogens is 2. The molecule has 1 aromatic heterocycles. The van der Waals surface area contributed by atoms with E-state index < -0.39 is 0 Å². The van der Waals surface area contributed by atoms with Crippen molar-refractivity contribution in [1.29, 1.82) is 0 Å². The van der Waals surface area contributed by atoms with E-state index in [4.69, 9.17) is 4.52 Å². The van der Waals surface area contributed by atoms with Gasteiger partial charge in [-0.1, -0.05) is 49.3 Å². The van der Waals surface area contributed by atoms with E-state index in [2.05, 4.69) is 53.6 Å². The number of nitrogens with zero attached hydrogens (tertiary/aromatic N) is 2. The Labute approximate surface area is 157 Å². The van der Waals surface area contributed by atoms with Crippen LogP contribution < -0.4 is 5.32 Å². The second-order valence-corrected chi connectivity index (χ2v) is 6.70. The average Bonchev–Trinajstić information content (AvgIpc) is 3.14. The molecule has 1 heterocycles. The van der Waals surface area contributed by atoms with Crippen LogP contribution in [0, 0.1) is 5.82 Å². The predicted molar refractivity (Wildman–Crippen MR) is 100 cm³/mol. The van der Waals surface area contributed by atoms with Crippen molar-refractivity contribution < 1.29 is 13.7 Å². The van der Waals surface area contributed by atoms with E-state index in [9.17, 15) is 9.18 Å². The third-order valence-corrected chi connectivity index (χ3v) is 4.27. The lowest BCUT2D eigenvalue weighted by Crippen LogP contribution is -2.23. The molecule has 0 aliphatic rings. The van der Waals surface area contributed by atoms with Gasteiger partial charge in [0.15, 0.2) is 5.82 Å². The Morgan fingerprint density at radius 1 is 1.19 bits per heavy atom. The number of carbonyl (C=O) groups excluding carboxylic acids is 1. The Kier molecular flexibility index (Phi) is 5.96. The van der Waals surface area contributed by atoms with Crippen LogP contribution >= 0.6 is 0 Å². The Morgan fingerprint density at radius 3 is 2.67 bits per heavy atom. The third kappa shape index (κ3) is 5.23. The molecule has 0 fully saturated rings. The van der Waals surface area contributed by atoms with Crippen molar-refractivity contribution >= 4 is 5.91 Å². The molecule has 3 aromatic rings. The molecule has 0 atom stereocenters. The largest absolute Gasteiger partial charge is 0.349 e. The van der Waals surface area contributed by atoms with Gasteiger partial charge in [0.1, 0.15) is 5.82 Å². The van der Waals surface area contributed by atoms with Crippen molar-refractivity contribution in [3.63, 3.8) is 0 Å². The van der Waals surface area contributed by atoms with E-state index in [-0.39, 0.29) is 24.2 Å². The van der Waals surface area contributed by atoms with E-state index in [1.807, 2.05) is 0 Å². The normalized spacial score (nSPS) is 11.0. The van der Waals surface area contributed by atoms with Gasteiger partial charge in [-0.3, -0.25) is 4.79 Å². The number of rotatable bonds is 7. The van der Waals surface area contributed by atoms with Crippen LogP contribution in [0.4, 0.5) is 4.39 Å². The number of amides is 1. The van der Waals surface area contributed by atoms with Crippen LogP contribution in [0.25, 0.3) is 11.5 Å². The highest BCUT2D eigenvalue weighted by Gasteiger charge is 2.11. The van der Waals surface area contributed by atoms with E-state index in [0.29, 0.717) is 30.1 Å². The van der Waals surface area contributed by atoms with Crippen molar-refractivity contribution in [3.05, 3.63) is 71.3 Å². The molecule has 1 N–H and O–H groups in total. The number of benzene rings is 2. The first-order valence-corrected chi connectivity index (χ1v) is 8.95. The smallest absolute Gasteiger partial charge is 0.258 e. The molecule has 27 heavy (non-hydrogen) atoms. The van der Waals surface area contributed by atoms with Crippen LogP contribution in [0.5, 0.6) is 0 Å². The van der Waals surface area contributed by atoms with Crippen LogP contribution in [0.2, 0.25) is 0 Å². The molecule has 2 aromatic carbocycles. The quantitative estimate of drug-likeness (QED) is 0.678. The maximum atomic E-state index is 13.3. The molecule has 0 radical (unpaired) electrons. The molecule has 0 saturated carbocycles. The van der Waals surface area contributed by atoms with Crippen molar-refractivity contribution in [2.75, 3.05) is 0 Å². The fourth-order valence-corrected chi connectivity index (χ4v) is 2.66. The van der Waals surface area contributed by atoms with Gasteiger partial charge in [-0.25, -0.2) is 4.39 Å². The van der Waals surface area contributed by atoms with Gasteiger partial charge < -0.3 is 9.84 Å². The van der Waals surface area contributed by atoms with E-state index in [1.165, 1.54) is 17.7 Å². The first-order chi connectivity index (χ1) is 13.0. The second kappa shape index (κ2) is 8.58. The van der Waals surface area contributed by atoms with Gasteiger partial charge in [-0.2, -0.15) is 4.98 Å². The number of hydrogen-bond acceptors (Lipinski definition) is 4. The summed E-state index contributed by atoms with van der Waals surface area (Å²) in [6.07, 6.45) is 1.06. The summed E-state index contributed by atoms with van der Waals surface area (Å²) in [5.41, 5.74) is 2.92. The molecule has 0 unspecified atom stereocenters. The van der Waals surface area contributed by atoms with E-state index in [0.717, 1.165) is 5.56 Å². The van der Waals surface area contributed by atoms with Gasteiger partial charge in [0.05, 0.1) is 6.54 Å². The van der Waals surface area contributed by atoms with Crippen molar-refractivity contribution in [3.8, 4) is 11.5 Å². The van der Waals surface area contributed by atoms with Gasteiger partial charge in [0, 0.05) is 12.0 Å². The minimum absolute atomic E-state index is 0.0833. The Bertz CT molecular complexity index is 904. The zero-order chi connectivity index (χ0) is 19.2. The zero-order valence-electron chi connectivity index (χ0n) is 15.4. The molecular formula is C21H22FN3O2. The lowest BCUT2D eigenvalue weighted by molar-refractivity contribution is -0.121. The fraction of sp³-hybridized carbons (Fsp3) is 0.286. The Balaban J connectivity index is 1.48. The van der Waals surface area contributed by atoms with Crippen LogP contribution in [0.15, 0.2) is 53.1 Å². The van der Waals surface area contributed by atoms with Crippen molar-refractivity contribution in [1.82, 2.24) is 15.5 Å². The Morgan fingerprint density at radius 2 is 1.96 bits per heavy atom. The number of aryl methyl sites for hydroxylation is 1. The van der Waals surface area contributed by atoms with Crippen LogP contribution in [-0.4, -0.2) is 16.0 Å². The molecule has 0 spiro atoms. The maximum absolute atomic E-state index is 13.3. The highest BCUT2D eigenvalue weighted by Crippen LogP contribution is 2.18. The third-order valence-electron chi connectivity index (χ3n) is 4.27. The highest BCUT2D eigenvalue weighted by molar-refractivity contribution is 5.76. The molecule has 5 nitrogen and oxygen atoms in total. The van der Waals surface area contributed by atoms with Crippen LogP contribution in [0.3, 0.4) is 0 Å². The van der Waals surface area contributed by atoms with Gasteiger partial charge in [0.2, 0.25) is 5.91 Å². The van der Waals surface area contributed by atoms with Gasteiger partial charge in [0.25, 0.3) is 5.89 Å². The summed E-state index contributed by atoms with van der Waals surface area (Å²) < 4.78 is 18.4. The van der Waals surface area contributed by atoms with Gasteiger partial charge in [-0.15, -0.1) is 0 Å². The molecule has 0 saturated heterocycles. The lowest BCUT2D eigenvalue weighted by atomic mass is 10.0.